The van der Waals surface area contributed by atoms with Crippen LogP contribution >= 0.6 is 8.03 Å². The zero-order valence-corrected chi connectivity index (χ0v) is 11.2. The van der Waals surface area contributed by atoms with Crippen molar-refractivity contribution in [2.45, 2.75) is 45.4 Å². The van der Waals surface area contributed by atoms with Gasteiger partial charge in [-0.2, -0.15) is 0 Å². The third-order valence-electron chi connectivity index (χ3n) is 2.29. The first kappa shape index (κ1) is 14.1. The van der Waals surface area contributed by atoms with Gasteiger partial charge in [-0.05, 0) is 26.7 Å². The SMILES string of the molecule is CCOC(C)(OCC)O[PH](=O)C1CCCO1. The summed E-state index contributed by atoms with van der Waals surface area (Å²) in [5.74, 6) is -1.50. The molecule has 0 radical (unpaired) electrons. The van der Waals surface area contributed by atoms with Crippen LogP contribution in [0.5, 0.6) is 0 Å². The van der Waals surface area contributed by atoms with E-state index in [4.69, 9.17) is 18.7 Å². The van der Waals surface area contributed by atoms with E-state index in [1.54, 1.807) is 6.92 Å². The molecule has 1 fully saturated rings. The van der Waals surface area contributed by atoms with Gasteiger partial charge in [-0.15, -0.1) is 0 Å². The number of hydrogen-bond donors (Lipinski definition) is 0. The molecule has 2 unspecified atom stereocenters. The molecule has 0 aromatic rings. The van der Waals surface area contributed by atoms with E-state index in [0.29, 0.717) is 19.8 Å². The van der Waals surface area contributed by atoms with Gasteiger partial charge in [0.2, 0.25) is 8.03 Å². The second-order valence-electron chi connectivity index (χ2n) is 3.65. The third kappa shape index (κ3) is 4.15. The van der Waals surface area contributed by atoms with Gasteiger partial charge in [0.25, 0.3) is 5.97 Å². The molecule has 1 aliphatic rings. The molecular weight excluding hydrogens is 231 g/mol. The van der Waals surface area contributed by atoms with Crippen molar-refractivity contribution in [3.63, 3.8) is 0 Å². The van der Waals surface area contributed by atoms with Crippen LogP contribution in [0.1, 0.15) is 33.6 Å². The Bertz CT molecular complexity index is 221. The van der Waals surface area contributed by atoms with Crippen molar-refractivity contribution in [3.8, 4) is 0 Å². The predicted octanol–water partition coefficient (Wildman–Crippen LogP) is 2.36. The molecule has 1 rings (SSSR count). The fourth-order valence-electron chi connectivity index (χ4n) is 1.64. The maximum Gasteiger partial charge on any atom is 0.285 e. The Labute approximate surface area is 97.3 Å². The average Bonchev–Trinajstić information content (AvgIpc) is 2.70. The van der Waals surface area contributed by atoms with Crippen LogP contribution in [0, 0.1) is 0 Å². The Morgan fingerprint density at radius 1 is 1.38 bits per heavy atom. The molecule has 0 amide bonds. The standard InChI is InChI=1S/C10H21O5P/c1-4-13-10(3,14-5-2)15-16(11)9-7-6-8-12-9/h9,16H,4-8H2,1-3H3. The molecule has 0 N–H and O–H groups in total. The van der Waals surface area contributed by atoms with Crippen molar-refractivity contribution in [1.82, 2.24) is 0 Å². The maximum absolute atomic E-state index is 11.9. The van der Waals surface area contributed by atoms with E-state index < -0.39 is 14.0 Å². The molecule has 1 saturated heterocycles. The van der Waals surface area contributed by atoms with E-state index >= 15 is 0 Å². The summed E-state index contributed by atoms with van der Waals surface area (Å²) in [6, 6.07) is 0. The molecule has 5 nitrogen and oxygen atoms in total. The summed E-state index contributed by atoms with van der Waals surface area (Å²) in [5, 5.41) is 0. The molecule has 1 heterocycles. The molecule has 0 aromatic carbocycles. The van der Waals surface area contributed by atoms with Crippen molar-refractivity contribution >= 4 is 8.03 Å². The van der Waals surface area contributed by atoms with Crippen molar-refractivity contribution in [1.29, 1.82) is 0 Å². The summed E-state index contributed by atoms with van der Waals surface area (Å²) < 4.78 is 33.2. The van der Waals surface area contributed by atoms with Gasteiger partial charge < -0.3 is 14.2 Å². The van der Waals surface area contributed by atoms with Crippen molar-refractivity contribution < 1.29 is 23.3 Å². The van der Waals surface area contributed by atoms with Crippen LogP contribution in [-0.4, -0.2) is 31.6 Å². The lowest BCUT2D eigenvalue weighted by atomic mass is 10.4. The lowest BCUT2D eigenvalue weighted by molar-refractivity contribution is -0.328. The zero-order chi connectivity index (χ0) is 12.0. The third-order valence-corrected chi connectivity index (χ3v) is 3.84. The minimum Gasteiger partial charge on any atom is -0.368 e. The highest BCUT2D eigenvalue weighted by Gasteiger charge is 2.33. The molecular formula is C10H21O5P. The number of hydrogen-bond acceptors (Lipinski definition) is 5. The molecule has 6 heteroatoms. The van der Waals surface area contributed by atoms with Gasteiger partial charge in [-0.1, -0.05) is 0 Å². The van der Waals surface area contributed by atoms with Crippen LogP contribution in [0.15, 0.2) is 0 Å². The molecule has 1 aliphatic heterocycles. The normalized spacial score (nSPS) is 23.6. The van der Waals surface area contributed by atoms with E-state index in [1.807, 2.05) is 13.8 Å². The molecule has 2 atom stereocenters. The van der Waals surface area contributed by atoms with Crippen LogP contribution in [0.4, 0.5) is 0 Å². The summed E-state index contributed by atoms with van der Waals surface area (Å²) in [6.07, 6.45) is 1.72. The Kier molecular flexibility index (Phi) is 5.94. The highest BCUT2D eigenvalue weighted by Crippen LogP contribution is 2.41. The molecule has 16 heavy (non-hydrogen) atoms. The number of ether oxygens (including phenoxy) is 3. The monoisotopic (exact) mass is 252 g/mol. The van der Waals surface area contributed by atoms with Gasteiger partial charge >= 0.3 is 0 Å². The number of rotatable bonds is 7. The van der Waals surface area contributed by atoms with E-state index in [2.05, 4.69) is 0 Å². The van der Waals surface area contributed by atoms with E-state index in [0.717, 1.165) is 12.8 Å². The lowest BCUT2D eigenvalue weighted by Gasteiger charge is -2.29. The second-order valence-corrected chi connectivity index (χ2v) is 5.14. The van der Waals surface area contributed by atoms with Crippen molar-refractivity contribution in [2.24, 2.45) is 0 Å². The molecule has 0 aromatic heterocycles. The maximum atomic E-state index is 11.9. The fraction of sp³-hybridized carbons (Fsp3) is 1.00. The highest BCUT2D eigenvalue weighted by atomic mass is 31.1. The second kappa shape index (κ2) is 6.72. The minimum absolute atomic E-state index is 0.287. The summed E-state index contributed by atoms with van der Waals surface area (Å²) in [7, 11) is -2.29. The van der Waals surface area contributed by atoms with Gasteiger partial charge in [0.15, 0.2) is 0 Å². The summed E-state index contributed by atoms with van der Waals surface area (Å²) >= 11 is 0. The highest BCUT2D eigenvalue weighted by molar-refractivity contribution is 7.39. The smallest absolute Gasteiger partial charge is 0.285 e. The molecule has 96 valence electrons. The van der Waals surface area contributed by atoms with Crippen LogP contribution in [-0.2, 0) is 23.3 Å². The molecule has 0 bridgehead atoms. The van der Waals surface area contributed by atoms with Gasteiger partial charge in [-0.25, -0.2) is 0 Å². The topological polar surface area (TPSA) is 54.0 Å². The van der Waals surface area contributed by atoms with Crippen LogP contribution in [0.3, 0.4) is 0 Å². The van der Waals surface area contributed by atoms with Crippen molar-refractivity contribution in [2.75, 3.05) is 19.8 Å². The van der Waals surface area contributed by atoms with Crippen LogP contribution in [0.25, 0.3) is 0 Å². The Morgan fingerprint density at radius 3 is 2.44 bits per heavy atom. The van der Waals surface area contributed by atoms with Gasteiger partial charge in [-0.3, -0.25) is 9.09 Å². The Balaban J connectivity index is 2.49. The van der Waals surface area contributed by atoms with Crippen molar-refractivity contribution in [3.05, 3.63) is 0 Å². The molecule has 0 aliphatic carbocycles. The van der Waals surface area contributed by atoms with Crippen LogP contribution < -0.4 is 0 Å². The minimum atomic E-state index is -2.29. The largest absolute Gasteiger partial charge is 0.368 e. The Morgan fingerprint density at radius 2 is 2.00 bits per heavy atom. The van der Waals surface area contributed by atoms with E-state index in [1.165, 1.54) is 0 Å². The van der Waals surface area contributed by atoms with Crippen LogP contribution in [0.2, 0.25) is 0 Å². The Hall–Kier alpha value is 0.0700. The quantitative estimate of drug-likeness (QED) is 0.514. The average molecular weight is 252 g/mol. The van der Waals surface area contributed by atoms with Gasteiger partial charge in [0, 0.05) is 26.7 Å². The zero-order valence-electron chi connectivity index (χ0n) is 10.2. The van der Waals surface area contributed by atoms with Gasteiger partial charge in [0.1, 0.15) is 5.85 Å². The summed E-state index contributed by atoms with van der Waals surface area (Å²) in [6.45, 7) is 6.85. The summed E-state index contributed by atoms with van der Waals surface area (Å²) in [4.78, 5) is 0. The molecule has 0 spiro atoms. The van der Waals surface area contributed by atoms with E-state index in [-0.39, 0.29) is 5.85 Å². The molecule has 0 saturated carbocycles. The first-order valence-corrected chi connectivity index (χ1v) is 7.13. The van der Waals surface area contributed by atoms with E-state index in [9.17, 15) is 4.57 Å². The van der Waals surface area contributed by atoms with Gasteiger partial charge in [0.05, 0.1) is 0 Å². The first-order chi connectivity index (χ1) is 7.61. The fourth-order valence-corrected chi connectivity index (χ4v) is 2.95. The predicted molar refractivity (Wildman–Crippen MR) is 60.7 cm³/mol. The first-order valence-electron chi connectivity index (χ1n) is 5.73. The summed E-state index contributed by atoms with van der Waals surface area (Å²) in [5.41, 5.74) is 0. The lowest BCUT2D eigenvalue weighted by Crippen LogP contribution is -2.34.